The average Bonchev–Trinajstić information content (AvgIpc) is 2.01. The predicted molar refractivity (Wildman–Crippen MR) is 57.9 cm³/mol. The fourth-order valence-electron chi connectivity index (χ4n) is 1.87. The van der Waals surface area contributed by atoms with Crippen LogP contribution in [0, 0.1) is 0 Å². The molecule has 2 aliphatic rings. The maximum Gasteiger partial charge on any atom is 0.0594 e. The van der Waals surface area contributed by atoms with Gasteiger partial charge in [0.05, 0.1) is 13.2 Å². The molecule has 2 fully saturated rings. The minimum absolute atomic E-state index is 0. The third-order valence-electron chi connectivity index (χ3n) is 2.71. The normalized spacial score (nSPS) is 33.9. The van der Waals surface area contributed by atoms with Crippen molar-refractivity contribution in [3.63, 3.8) is 0 Å². The number of rotatable bonds is 1. The number of morpholine rings is 1. The van der Waals surface area contributed by atoms with E-state index < -0.39 is 0 Å². The monoisotopic (exact) mass is 228 g/mol. The first-order valence-corrected chi connectivity index (χ1v) is 4.43. The summed E-state index contributed by atoms with van der Waals surface area (Å²) in [5, 5.41) is 0. The molecule has 0 bridgehead atoms. The van der Waals surface area contributed by atoms with Gasteiger partial charge in [0, 0.05) is 25.2 Å². The van der Waals surface area contributed by atoms with Crippen molar-refractivity contribution >= 4 is 24.8 Å². The lowest BCUT2D eigenvalue weighted by Crippen LogP contribution is -2.53. The standard InChI is InChI=1S/C8H16N2O.2ClH/c9-7-5-8(6-7)10-1-3-11-4-2-10;;/h7-8H,1-6,9H2;2*1H. The second-order valence-corrected chi connectivity index (χ2v) is 3.53. The van der Waals surface area contributed by atoms with Crippen molar-refractivity contribution in [3.8, 4) is 0 Å². The van der Waals surface area contributed by atoms with Gasteiger partial charge in [-0.25, -0.2) is 0 Å². The second kappa shape index (κ2) is 6.04. The summed E-state index contributed by atoms with van der Waals surface area (Å²) in [6.45, 7) is 4.03. The Kier molecular flexibility index (Phi) is 6.25. The van der Waals surface area contributed by atoms with E-state index in [0.29, 0.717) is 6.04 Å². The summed E-state index contributed by atoms with van der Waals surface area (Å²) in [7, 11) is 0. The molecule has 0 unspecified atom stereocenters. The minimum Gasteiger partial charge on any atom is -0.379 e. The third-order valence-corrected chi connectivity index (χ3v) is 2.71. The maximum atomic E-state index is 5.72. The van der Waals surface area contributed by atoms with Crippen LogP contribution < -0.4 is 5.73 Å². The molecule has 2 N–H and O–H groups in total. The van der Waals surface area contributed by atoms with Crippen molar-refractivity contribution in [3.05, 3.63) is 0 Å². The van der Waals surface area contributed by atoms with Crippen LogP contribution >= 0.6 is 24.8 Å². The van der Waals surface area contributed by atoms with Gasteiger partial charge in [-0.1, -0.05) is 0 Å². The Morgan fingerprint density at radius 2 is 1.62 bits per heavy atom. The molecule has 0 aromatic heterocycles. The van der Waals surface area contributed by atoms with Crippen molar-refractivity contribution in [2.24, 2.45) is 5.73 Å². The Hall–Kier alpha value is 0.460. The topological polar surface area (TPSA) is 38.5 Å². The summed E-state index contributed by atoms with van der Waals surface area (Å²) in [4.78, 5) is 2.51. The Bertz CT molecular complexity index is 136. The summed E-state index contributed by atoms with van der Waals surface area (Å²) >= 11 is 0. The number of nitrogens with zero attached hydrogens (tertiary/aromatic N) is 1. The van der Waals surface area contributed by atoms with Crippen LogP contribution in [0.25, 0.3) is 0 Å². The summed E-state index contributed by atoms with van der Waals surface area (Å²) in [6.07, 6.45) is 2.39. The summed E-state index contributed by atoms with van der Waals surface area (Å²) in [5.41, 5.74) is 5.72. The van der Waals surface area contributed by atoms with Gasteiger partial charge in [-0.3, -0.25) is 4.90 Å². The second-order valence-electron chi connectivity index (χ2n) is 3.53. The highest BCUT2D eigenvalue weighted by Crippen LogP contribution is 2.24. The molecule has 0 aromatic carbocycles. The van der Waals surface area contributed by atoms with Gasteiger partial charge in [0.1, 0.15) is 0 Å². The van der Waals surface area contributed by atoms with Crippen LogP contribution in [-0.4, -0.2) is 43.3 Å². The number of nitrogens with two attached hydrogens (primary N) is 1. The first-order valence-electron chi connectivity index (χ1n) is 4.43. The molecule has 1 aliphatic carbocycles. The Morgan fingerprint density at radius 3 is 2.08 bits per heavy atom. The van der Waals surface area contributed by atoms with Gasteiger partial charge in [-0.15, -0.1) is 24.8 Å². The van der Waals surface area contributed by atoms with Crippen molar-refractivity contribution in [2.75, 3.05) is 26.3 Å². The maximum absolute atomic E-state index is 5.72. The molecule has 1 aliphatic heterocycles. The van der Waals surface area contributed by atoms with Gasteiger partial charge in [-0.05, 0) is 12.8 Å². The van der Waals surface area contributed by atoms with Crippen LogP contribution in [0.5, 0.6) is 0 Å². The largest absolute Gasteiger partial charge is 0.379 e. The zero-order valence-electron chi connectivity index (χ0n) is 7.65. The number of hydrogen-bond donors (Lipinski definition) is 1. The van der Waals surface area contributed by atoms with E-state index in [4.69, 9.17) is 10.5 Å². The zero-order valence-corrected chi connectivity index (χ0v) is 9.28. The van der Waals surface area contributed by atoms with E-state index >= 15 is 0 Å². The van der Waals surface area contributed by atoms with E-state index in [1.165, 1.54) is 12.8 Å². The van der Waals surface area contributed by atoms with Crippen LogP contribution in [0.3, 0.4) is 0 Å². The van der Waals surface area contributed by atoms with Gasteiger partial charge in [0.25, 0.3) is 0 Å². The van der Waals surface area contributed by atoms with Crippen LogP contribution in [0.15, 0.2) is 0 Å². The molecule has 80 valence electrons. The van der Waals surface area contributed by atoms with Gasteiger partial charge in [0.2, 0.25) is 0 Å². The lowest BCUT2D eigenvalue weighted by molar-refractivity contribution is -0.00616. The Balaban J connectivity index is 0.000000720. The number of ether oxygens (including phenoxy) is 1. The van der Waals surface area contributed by atoms with Crippen molar-refractivity contribution in [2.45, 2.75) is 24.9 Å². The molecule has 0 amide bonds. The smallest absolute Gasteiger partial charge is 0.0594 e. The molecule has 2 rings (SSSR count). The lowest BCUT2D eigenvalue weighted by atomic mass is 9.86. The Morgan fingerprint density at radius 1 is 1.08 bits per heavy atom. The van der Waals surface area contributed by atoms with Crippen LogP contribution in [0.1, 0.15) is 12.8 Å². The molecule has 1 saturated heterocycles. The lowest BCUT2D eigenvalue weighted by Gasteiger charge is -2.42. The highest BCUT2D eigenvalue weighted by atomic mass is 35.5. The molecule has 0 spiro atoms. The fourth-order valence-corrected chi connectivity index (χ4v) is 1.87. The summed E-state index contributed by atoms with van der Waals surface area (Å²) in [5.74, 6) is 0. The molecule has 0 atom stereocenters. The van der Waals surface area contributed by atoms with E-state index in [-0.39, 0.29) is 24.8 Å². The van der Waals surface area contributed by atoms with Crippen molar-refractivity contribution < 1.29 is 4.74 Å². The van der Waals surface area contributed by atoms with Crippen LogP contribution in [-0.2, 0) is 4.74 Å². The van der Waals surface area contributed by atoms with E-state index in [9.17, 15) is 0 Å². The van der Waals surface area contributed by atoms with Crippen LogP contribution in [0.4, 0.5) is 0 Å². The van der Waals surface area contributed by atoms with Crippen molar-refractivity contribution in [1.29, 1.82) is 0 Å². The van der Waals surface area contributed by atoms with E-state index in [1.807, 2.05) is 0 Å². The van der Waals surface area contributed by atoms with E-state index in [2.05, 4.69) is 4.90 Å². The highest BCUT2D eigenvalue weighted by Gasteiger charge is 2.31. The average molecular weight is 229 g/mol. The van der Waals surface area contributed by atoms with Gasteiger partial charge >= 0.3 is 0 Å². The van der Waals surface area contributed by atoms with Crippen LogP contribution in [0.2, 0.25) is 0 Å². The highest BCUT2D eigenvalue weighted by molar-refractivity contribution is 5.85. The molecule has 1 heterocycles. The summed E-state index contributed by atoms with van der Waals surface area (Å²) in [6, 6.07) is 1.25. The fraction of sp³-hybridized carbons (Fsp3) is 1.00. The number of hydrogen-bond acceptors (Lipinski definition) is 3. The van der Waals surface area contributed by atoms with Crippen molar-refractivity contribution in [1.82, 2.24) is 4.90 Å². The number of halogens is 2. The molecular weight excluding hydrogens is 211 g/mol. The van der Waals surface area contributed by atoms with E-state index in [1.54, 1.807) is 0 Å². The molecule has 1 saturated carbocycles. The summed E-state index contributed by atoms with van der Waals surface area (Å²) < 4.78 is 5.27. The molecule has 3 nitrogen and oxygen atoms in total. The molecule has 5 heteroatoms. The third kappa shape index (κ3) is 3.26. The van der Waals surface area contributed by atoms with Gasteiger partial charge in [-0.2, -0.15) is 0 Å². The SMILES string of the molecule is Cl.Cl.NC1CC(N2CCOCC2)C1. The zero-order chi connectivity index (χ0) is 7.68. The Labute approximate surface area is 91.8 Å². The molecule has 13 heavy (non-hydrogen) atoms. The first kappa shape index (κ1) is 13.5. The molecule has 0 radical (unpaired) electrons. The quantitative estimate of drug-likeness (QED) is 0.717. The minimum atomic E-state index is 0. The molecule has 0 aromatic rings. The predicted octanol–water partition coefficient (Wildman–Crippen LogP) is 0.652. The van der Waals surface area contributed by atoms with Gasteiger partial charge in [0.15, 0.2) is 0 Å². The molecular formula is C8H18Cl2N2O. The first-order chi connectivity index (χ1) is 5.36. The van der Waals surface area contributed by atoms with Gasteiger partial charge < -0.3 is 10.5 Å². The van der Waals surface area contributed by atoms with E-state index in [0.717, 1.165) is 32.3 Å².